The largest absolute Gasteiger partial charge is 0.369 e. The van der Waals surface area contributed by atoms with Crippen molar-refractivity contribution in [2.45, 2.75) is 25.2 Å². The fraction of sp³-hybridized carbons (Fsp3) is 0.667. The Morgan fingerprint density at radius 1 is 1.29 bits per heavy atom. The number of piperidine rings is 1. The van der Waals surface area contributed by atoms with E-state index in [9.17, 15) is 0 Å². The monoisotopic (exact) mass is 233 g/mol. The van der Waals surface area contributed by atoms with Crippen molar-refractivity contribution in [1.29, 1.82) is 0 Å². The van der Waals surface area contributed by atoms with Gasteiger partial charge in [-0.25, -0.2) is 4.98 Å². The molecule has 1 aromatic heterocycles. The standard InChI is InChI=1S/C12H19N5/c1-17-6-3-8(4-7-17)10-9-2-5-14-11(9)16-12(13)15-10/h8H,2-7H2,1H3,(H3,13,14,15,16). The number of likely N-dealkylation sites (tertiary alicyclic amines) is 1. The minimum atomic E-state index is 0.409. The van der Waals surface area contributed by atoms with Crippen LogP contribution in [0.25, 0.3) is 0 Å². The smallest absolute Gasteiger partial charge is 0.222 e. The number of nitrogen functional groups attached to an aromatic ring is 1. The predicted octanol–water partition coefficient (Wildman–Crippen LogP) is 0.836. The Bertz CT molecular complexity index is 423. The second kappa shape index (κ2) is 4.14. The van der Waals surface area contributed by atoms with E-state index >= 15 is 0 Å². The van der Waals surface area contributed by atoms with Crippen LogP contribution < -0.4 is 11.1 Å². The lowest BCUT2D eigenvalue weighted by Crippen LogP contribution is -2.30. The number of fused-ring (bicyclic) bond motifs is 1. The zero-order valence-corrected chi connectivity index (χ0v) is 10.2. The van der Waals surface area contributed by atoms with Gasteiger partial charge in [-0.05, 0) is 39.4 Å². The third kappa shape index (κ3) is 1.95. The van der Waals surface area contributed by atoms with Crippen LogP contribution in [0, 0.1) is 0 Å². The molecule has 1 fully saturated rings. The van der Waals surface area contributed by atoms with Crippen molar-refractivity contribution in [1.82, 2.24) is 14.9 Å². The van der Waals surface area contributed by atoms with Gasteiger partial charge in [0.05, 0.1) is 5.69 Å². The Morgan fingerprint density at radius 3 is 2.82 bits per heavy atom. The molecule has 0 spiro atoms. The summed E-state index contributed by atoms with van der Waals surface area (Å²) < 4.78 is 0. The van der Waals surface area contributed by atoms with Crippen molar-refractivity contribution < 1.29 is 0 Å². The van der Waals surface area contributed by atoms with E-state index in [0.717, 1.165) is 31.9 Å². The van der Waals surface area contributed by atoms with Crippen LogP contribution >= 0.6 is 0 Å². The summed E-state index contributed by atoms with van der Waals surface area (Å²) in [6, 6.07) is 0. The van der Waals surface area contributed by atoms with E-state index in [1.54, 1.807) is 0 Å². The highest BCUT2D eigenvalue weighted by Gasteiger charge is 2.26. The maximum absolute atomic E-state index is 5.79. The van der Waals surface area contributed by atoms with E-state index in [1.165, 1.54) is 24.1 Å². The number of anilines is 2. The first-order valence-electron chi connectivity index (χ1n) is 6.33. The van der Waals surface area contributed by atoms with Crippen LogP contribution in [-0.4, -0.2) is 41.5 Å². The van der Waals surface area contributed by atoms with Gasteiger partial charge in [0.15, 0.2) is 0 Å². The highest BCUT2D eigenvalue weighted by atomic mass is 15.1. The van der Waals surface area contributed by atoms with Gasteiger partial charge in [-0.2, -0.15) is 4.98 Å². The van der Waals surface area contributed by atoms with Crippen molar-refractivity contribution in [2.24, 2.45) is 0 Å². The van der Waals surface area contributed by atoms with E-state index in [1.807, 2.05) is 0 Å². The van der Waals surface area contributed by atoms with Gasteiger partial charge in [0.25, 0.3) is 0 Å². The van der Waals surface area contributed by atoms with E-state index in [0.29, 0.717) is 11.9 Å². The number of nitrogens with zero attached hydrogens (tertiary/aromatic N) is 3. The number of hydrogen-bond acceptors (Lipinski definition) is 5. The summed E-state index contributed by atoms with van der Waals surface area (Å²) in [5, 5.41) is 3.29. The van der Waals surface area contributed by atoms with E-state index < -0.39 is 0 Å². The van der Waals surface area contributed by atoms with Gasteiger partial charge in [-0.3, -0.25) is 0 Å². The van der Waals surface area contributed by atoms with Gasteiger partial charge in [-0.15, -0.1) is 0 Å². The highest BCUT2D eigenvalue weighted by Crippen LogP contribution is 2.33. The molecule has 0 atom stereocenters. The third-order valence-electron chi connectivity index (χ3n) is 3.83. The molecule has 0 saturated carbocycles. The molecule has 0 unspecified atom stereocenters. The first-order chi connectivity index (χ1) is 8.24. The summed E-state index contributed by atoms with van der Waals surface area (Å²) in [6.07, 6.45) is 3.40. The molecule has 3 rings (SSSR count). The molecule has 2 aliphatic rings. The van der Waals surface area contributed by atoms with E-state index in [-0.39, 0.29) is 0 Å². The molecule has 3 N–H and O–H groups in total. The molecule has 1 aromatic rings. The van der Waals surface area contributed by atoms with Crippen LogP contribution in [0.2, 0.25) is 0 Å². The molecule has 2 aliphatic heterocycles. The second-order valence-corrected chi connectivity index (χ2v) is 5.05. The molecule has 0 radical (unpaired) electrons. The Balaban J connectivity index is 1.92. The summed E-state index contributed by atoms with van der Waals surface area (Å²) in [6.45, 7) is 3.26. The minimum absolute atomic E-state index is 0.409. The Morgan fingerprint density at radius 2 is 2.06 bits per heavy atom. The molecule has 0 aliphatic carbocycles. The van der Waals surface area contributed by atoms with Crippen LogP contribution in [0.15, 0.2) is 0 Å². The van der Waals surface area contributed by atoms with Crippen molar-refractivity contribution in [3.63, 3.8) is 0 Å². The Labute approximate surface area is 101 Å². The average Bonchev–Trinajstić information content (AvgIpc) is 2.77. The van der Waals surface area contributed by atoms with Gasteiger partial charge in [0, 0.05) is 18.0 Å². The predicted molar refractivity (Wildman–Crippen MR) is 68.1 cm³/mol. The summed E-state index contributed by atoms with van der Waals surface area (Å²) >= 11 is 0. The number of nitrogens with one attached hydrogen (secondary N) is 1. The maximum atomic E-state index is 5.79. The molecule has 3 heterocycles. The fourth-order valence-electron chi connectivity index (χ4n) is 2.84. The van der Waals surface area contributed by atoms with Gasteiger partial charge in [0.2, 0.25) is 5.95 Å². The van der Waals surface area contributed by atoms with Crippen LogP contribution in [0.5, 0.6) is 0 Å². The van der Waals surface area contributed by atoms with Gasteiger partial charge >= 0.3 is 0 Å². The molecule has 0 aromatic carbocycles. The van der Waals surface area contributed by atoms with Crippen LogP contribution in [0.3, 0.4) is 0 Å². The minimum Gasteiger partial charge on any atom is -0.369 e. The summed E-state index contributed by atoms with van der Waals surface area (Å²) in [4.78, 5) is 11.1. The van der Waals surface area contributed by atoms with Crippen molar-refractivity contribution in [3.8, 4) is 0 Å². The van der Waals surface area contributed by atoms with Crippen LogP contribution in [-0.2, 0) is 6.42 Å². The van der Waals surface area contributed by atoms with Gasteiger partial charge in [-0.1, -0.05) is 0 Å². The molecular formula is C12H19N5. The lowest BCUT2D eigenvalue weighted by Gasteiger charge is -2.29. The summed E-state index contributed by atoms with van der Waals surface area (Å²) in [5.74, 6) is 1.93. The number of rotatable bonds is 1. The quantitative estimate of drug-likeness (QED) is 0.752. The first-order valence-corrected chi connectivity index (χ1v) is 6.33. The van der Waals surface area contributed by atoms with Crippen molar-refractivity contribution in [3.05, 3.63) is 11.3 Å². The fourth-order valence-corrected chi connectivity index (χ4v) is 2.84. The topological polar surface area (TPSA) is 67.1 Å². The van der Waals surface area contributed by atoms with E-state index in [2.05, 4.69) is 27.2 Å². The molecule has 5 nitrogen and oxygen atoms in total. The van der Waals surface area contributed by atoms with Gasteiger partial charge in [0.1, 0.15) is 5.82 Å². The third-order valence-corrected chi connectivity index (χ3v) is 3.83. The zero-order chi connectivity index (χ0) is 11.8. The SMILES string of the molecule is CN1CCC(c2nc(N)nc3c2CCN3)CC1. The number of nitrogens with two attached hydrogens (primary N) is 1. The molecule has 1 saturated heterocycles. The summed E-state index contributed by atoms with van der Waals surface area (Å²) in [5.41, 5.74) is 8.29. The maximum Gasteiger partial charge on any atom is 0.222 e. The molecule has 92 valence electrons. The number of hydrogen-bond donors (Lipinski definition) is 2. The normalized spacial score (nSPS) is 21.2. The van der Waals surface area contributed by atoms with Crippen molar-refractivity contribution >= 4 is 11.8 Å². The molecular weight excluding hydrogens is 214 g/mol. The second-order valence-electron chi connectivity index (χ2n) is 5.05. The Kier molecular flexibility index (Phi) is 2.63. The molecule has 0 amide bonds. The highest BCUT2D eigenvalue weighted by molar-refractivity contribution is 5.54. The van der Waals surface area contributed by atoms with Gasteiger partial charge < -0.3 is 16.0 Å². The first kappa shape index (κ1) is 10.8. The summed E-state index contributed by atoms with van der Waals surface area (Å²) in [7, 11) is 2.18. The molecule has 17 heavy (non-hydrogen) atoms. The number of aromatic nitrogens is 2. The molecule has 5 heteroatoms. The lowest BCUT2D eigenvalue weighted by molar-refractivity contribution is 0.253. The average molecular weight is 233 g/mol. The lowest BCUT2D eigenvalue weighted by atomic mass is 9.90. The van der Waals surface area contributed by atoms with Crippen molar-refractivity contribution in [2.75, 3.05) is 37.7 Å². The Hall–Kier alpha value is -1.36. The van der Waals surface area contributed by atoms with E-state index in [4.69, 9.17) is 5.73 Å². The molecule has 0 bridgehead atoms. The van der Waals surface area contributed by atoms with Crippen LogP contribution in [0.4, 0.5) is 11.8 Å². The van der Waals surface area contributed by atoms with Crippen LogP contribution in [0.1, 0.15) is 30.0 Å². The zero-order valence-electron chi connectivity index (χ0n) is 10.2.